The van der Waals surface area contributed by atoms with Crippen LogP contribution in [0, 0.1) is 0 Å². The summed E-state index contributed by atoms with van der Waals surface area (Å²) < 4.78 is 136. The van der Waals surface area contributed by atoms with Gasteiger partial charge in [0.05, 0.1) is 0 Å². The normalized spacial score (nSPS) is 18.4. The summed E-state index contributed by atoms with van der Waals surface area (Å²) >= 11 is 0.886. The zero-order valence-corrected chi connectivity index (χ0v) is 10.8. The Morgan fingerprint density at radius 3 is 1.35 bits per heavy atom. The van der Waals surface area contributed by atoms with Gasteiger partial charge in [-0.05, 0) is 10.2 Å². The van der Waals surface area contributed by atoms with Gasteiger partial charge in [-0.3, -0.25) is 4.74 Å². The maximum absolute atomic E-state index is 13.1. The van der Waals surface area contributed by atoms with Gasteiger partial charge in [0.2, 0.25) is 0 Å². The monoisotopic (exact) mass is 438 g/mol. The van der Waals surface area contributed by atoms with E-state index >= 15 is 0 Å². The summed E-state index contributed by atoms with van der Waals surface area (Å²) in [6, 6.07) is 0. The Morgan fingerprint density at radius 2 is 1.10 bits per heavy atom. The van der Waals surface area contributed by atoms with Gasteiger partial charge in [-0.2, -0.15) is 48.3 Å². The Kier molecular flexibility index (Phi) is 5.36. The molecule has 0 aromatic heterocycles. The summed E-state index contributed by atoms with van der Waals surface area (Å²) in [6.07, 6.45) is -20.8. The molecule has 0 bridgehead atoms. The number of alkyl halides is 11. The average molecular weight is 438 g/mol. The van der Waals surface area contributed by atoms with Crippen molar-refractivity contribution in [2.45, 2.75) is 30.2 Å². The SMILES string of the molecule is FC(F)(F)C(F)(/C=C\I)OC(F)(F)C(F)(F)C(F)(F)F. The fourth-order valence-corrected chi connectivity index (χ4v) is 1.15. The molecule has 0 aliphatic carbocycles. The lowest BCUT2D eigenvalue weighted by atomic mass is 10.2. The maximum Gasteiger partial charge on any atom is 0.462 e. The summed E-state index contributed by atoms with van der Waals surface area (Å²) in [5.74, 6) is -12.5. The van der Waals surface area contributed by atoms with E-state index in [2.05, 4.69) is 4.74 Å². The first-order valence-corrected chi connectivity index (χ1v) is 5.32. The minimum absolute atomic E-state index is 0.118. The van der Waals surface area contributed by atoms with Crippen molar-refractivity contribution in [1.82, 2.24) is 0 Å². The third-order valence-electron chi connectivity index (χ3n) is 1.66. The van der Waals surface area contributed by atoms with Gasteiger partial charge in [0.25, 0.3) is 0 Å². The molecule has 0 amide bonds. The van der Waals surface area contributed by atoms with Crippen LogP contribution in [0.2, 0.25) is 0 Å². The van der Waals surface area contributed by atoms with E-state index in [1.807, 2.05) is 0 Å². The van der Waals surface area contributed by atoms with E-state index in [1.54, 1.807) is 0 Å². The lowest BCUT2D eigenvalue weighted by Gasteiger charge is -2.33. The van der Waals surface area contributed by atoms with Crippen molar-refractivity contribution in [3.63, 3.8) is 0 Å². The van der Waals surface area contributed by atoms with Crippen molar-refractivity contribution in [3.8, 4) is 0 Å². The molecular formula is C7H2F11IO. The first kappa shape index (κ1) is 19.7. The first-order chi connectivity index (χ1) is 8.52. The molecule has 0 radical (unpaired) electrons. The highest BCUT2D eigenvalue weighted by Gasteiger charge is 2.77. The summed E-state index contributed by atoms with van der Waals surface area (Å²) in [5.41, 5.74) is 0. The van der Waals surface area contributed by atoms with Crippen LogP contribution in [0.3, 0.4) is 0 Å². The Bertz CT molecular complexity index is 370. The number of rotatable bonds is 4. The molecule has 1 unspecified atom stereocenters. The Morgan fingerprint density at radius 1 is 0.700 bits per heavy atom. The second kappa shape index (κ2) is 5.46. The van der Waals surface area contributed by atoms with Gasteiger partial charge in [-0.25, -0.2) is 0 Å². The second-order valence-electron chi connectivity index (χ2n) is 3.13. The molecule has 120 valence electrons. The molecule has 0 aliphatic heterocycles. The molecule has 20 heavy (non-hydrogen) atoms. The highest BCUT2D eigenvalue weighted by molar-refractivity contribution is 14.1. The van der Waals surface area contributed by atoms with Crippen LogP contribution in [-0.2, 0) is 4.74 Å². The topological polar surface area (TPSA) is 9.23 Å². The largest absolute Gasteiger partial charge is 0.462 e. The minimum atomic E-state index is -7.03. The fourth-order valence-electron chi connectivity index (χ4n) is 0.683. The third kappa shape index (κ3) is 3.65. The van der Waals surface area contributed by atoms with Crippen LogP contribution < -0.4 is 0 Å². The molecule has 0 aromatic carbocycles. The van der Waals surface area contributed by atoms with E-state index in [1.165, 1.54) is 0 Å². The lowest BCUT2D eigenvalue weighted by Crippen LogP contribution is -2.58. The van der Waals surface area contributed by atoms with Gasteiger partial charge in [0.15, 0.2) is 0 Å². The lowest BCUT2D eigenvalue weighted by molar-refractivity contribution is -0.473. The predicted octanol–water partition coefficient (Wildman–Crippen LogP) is 4.97. The van der Waals surface area contributed by atoms with Gasteiger partial charge in [-0.1, -0.05) is 22.6 Å². The molecule has 1 atom stereocenters. The van der Waals surface area contributed by atoms with E-state index < -0.39 is 36.3 Å². The Balaban J connectivity index is 5.66. The van der Waals surface area contributed by atoms with Crippen molar-refractivity contribution in [2.75, 3.05) is 0 Å². The molecule has 0 saturated carbocycles. The van der Waals surface area contributed by atoms with E-state index in [0.717, 1.165) is 22.6 Å². The minimum Gasteiger partial charge on any atom is -0.266 e. The second-order valence-corrected chi connectivity index (χ2v) is 3.85. The molecule has 0 aliphatic rings. The summed E-state index contributed by atoms with van der Waals surface area (Å²) in [7, 11) is 0. The highest BCUT2D eigenvalue weighted by Crippen LogP contribution is 2.51. The number of ether oxygens (including phenoxy) is 1. The molecule has 0 aromatic rings. The van der Waals surface area contributed by atoms with E-state index in [4.69, 9.17) is 0 Å². The van der Waals surface area contributed by atoms with Gasteiger partial charge in [-0.15, -0.1) is 0 Å². The van der Waals surface area contributed by atoms with Crippen LogP contribution in [0.1, 0.15) is 0 Å². The molecule has 0 spiro atoms. The quantitative estimate of drug-likeness (QED) is 0.445. The van der Waals surface area contributed by atoms with Crippen molar-refractivity contribution < 1.29 is 53.0 Å². The van der Waals surface area contributed by atoms with Crippen LogP contribution >= 0.6 is 22.6 Å². The standard InChI is InChI=1S/C7H2F11IO/c8-3(1-2-19,5(11,12)13)20-7(17,18)4(9,10)6(14,15)16/h1-2H/b2-1-. The number of hydrogen-bond donors (Lipinski definition) is 0. The molecule has 0 fully saturated rings. The molecule has 0 heterocycles. The zero-order chi connectivity index (χ0) is 16.6. The number of hydrogen-bond acceptors (Lipinski definition) is 1. The smallest absolute Gasteiger partial charge is 0.266 e. The summed E-state index contributed by atoms with van der Waals surface area (Å²) in [4.78, 5) is 0. The van der Waals surface area contributed by atoms with Gasteiger partial charge < -0.3 is 0 Å². The predicted molar refractivity (Wildman–Crippen MR) is 50.1 cm³/mol. The van der Waals surface area contributed by atoms with Gasteiger partial charge in [0.1, 0.15) is 0 Å². The Labute approximate surface area is 116 Å². The zero-order valence-electron chi connectivity index (χ0n) is 8.60. The number of halogens is 12. The van der Waals surface area contributed by atoms with E-state index in [9.17, 15) is 48.3 Å². The maximum atomic E-state index is 13.1. The average Bonchev–Trinajstić information content (AvgIpc) is 2.12. The van der Waals surface area contributed by atoms with Gasteiger partial charge >= 0.3 is 30.2 Å². The van der Waals surface area contributed by atoms with Crippen molar-refractivity contribution >= 4 is 22.6 Å². The molecule has 13 heteroatoms. The molecule has 0 N–H and O–H groups in total. The van der Waals surface area contributed by atoms with E-state index in [-0.39, 0.29) is 4.08 Å². The van der Waals surface area contributed by atoms with Crippen LogP contribution in [0.4, 0.5) is 48.3 Å². The van der Waals surface area contributed by atoms with Crippen LogP contribution in [0.5, 0.6) is 0 Å². The molecular weight excluding hydrogens is 436 g/mol. The molecule has 0 saturated heterocycles. The first-order valence-electron chi connectivity index (χ1n) is 4.08. The summed E-state index contributed by atoms with van der Waals surface area (Å²) in [5, 5.41) is 0. The van der Waals surface area contributed by atoms with Crippen molar-refractivity contribution in [2.24, 2.45) is 0 Å². The Hall–Kier alpha value is -0.340. The van der Waals surface area contributed by atoms with Crippen molar-refractivity contribution in [3.05, 3.63) is 10.2 Å². The van der Waals surface area contributed by atoms with E-state index in [0.29, 0.717) is 0 Å². The third-order valence-corrected chi connectivity index (χ3v) is 2.02. The fraction of sp³-hybridized carbons (Fsp3) is 0.714. The van der Waals surface area contributed by atoms with Crippen LogP contribution in [-0.4, -0.2) is 30.2 Å². The molecule has 0 rings (SSSR count). The van der Waals surface area contributed by atoms with Crippen molar-refractivity contribution in [1.29, 1.82) is 0 Å². The highest BCUT2D eigenvalue weighted by atomic mass is 127. The molecule has 1 nitrogen and oxygen atoms in total. The van der Waals surface area contributed by atoms with Crippen LogP contribution in [0.15, 0.2) is 10.2 Å². The van der Waals surface area contributed by atoms with Crippen LogP contribution in [0.25, 0.3) is 0 Å². The summed E-state index contributed by atoms with van der Waals surface area (Å²) in [6.45, 7) is 0. The van der Waals surface area contributed by atoms with Gasteiger partial charge in [0, 0.05) is 0 Å².